The fourth-order valence-corrected chi connectivity index (χ4v) is 1.88. The fraction of sp³-hybridized carbons (Fsp3) is 0.444. The Labute approximate surface area is 86.7 Å². The maximum absolute atomic E-state index is 5.85. The molecule has 2 aromatic heterocycles. The second kappa shape index (κ2) is 3.16. The third-order valence-corrected chi connectivity index (χ3v) is 2.70. The molecule has 3 heterocycles. The molecule has 15 heavy (non-hydrogen) atoms. The van der Waals surface area contributed by atoms with Crippen LogP contribution in [0.2, 0.25) is 0 Å². The van der Waals surface area contributed by atoms with E-state index in [9.17, 15) is 0 Å². The molecule has 2 N–H and O–H groups in total. The Balaban J connectivity index is 1.97. The number of nitrogens with two attached hydrogens (primary N) is 1. The van der Waals surface area contributed by atoms with E-state index >= 15 is 0 Å². The van der Waals surface area contributed by atoms with E-state index in [1.807, 2.05) is 12.1 Å². The number of aromatic nitrogens is 4. The van der Waals surface area contributed by atoms with Crippen LogP contribution in [0.3, 0.4) is 0 Å². The van der Waals surface area contributed by atoms with Crippen molar-refractivity contribution in [3.05, 3.63) is 18.5 Å². The quantitative estimate of drug-likeness (QED) is 0.688. The third kappa shape index (κ3) is 1.42. The van der Waals surface area contributed by atoms with Crippen LogP contribution in [0, 0.1) is 0 Å². The molecule has 1 aliphatic heterocycles. The second-order valence-corrected chi connectivity index (χ2v) is 3.82. The molecular formula is C9H12N6. The van der Waals surface area contributed by atoms with E-state index in [1.165, 1.54) is 0 Å². The zero-order chi connectivity index (χ0) is 10.3. The summed E-state index contributed by atoms with van der Waals surface area (Å²) >= 11 is 0. The molecule has 0 amide bonds. The lowest BCUT2D eigenvalue weighted by atomic mass is 10.3. The van der Waals surface area contributed by atoms with Crippen molar-refractivity contribution in [2.45, 2.75) is 12.5 Å². The Bertz CT molecular complexity index is 478. The summed E-state index contributed by atoms with van der Waals surface area (Å²) in [6, 6.07) is 4.14. The Morgan fingerprint density at radius 3 is 3.13 bits per heavy atom. The molecule has 0 saturated carbocycles. The zero-order valence-electron chi connectivity index (χ0n) is 8.24. The number of fused-ring (bicyclic) bond motifs is 1. The summed E-state index contributed by atoms with van der Waals surface area (Å²) in [6.07, 6.45) is 2.64. The number of hydrogen-bond acceptors (Lipinski definition) is 5. The first-order chi connectivity index (χ1) is 7.33. The summed E-state index contributed by atoms with van der Waals surface area (Å²) in [5.74, 6) is 0.940. The van der Waals surface area contributed by atoms with Crippen LogP contribution < -0.4 is 10.6 Å². The highest BCUT2D eigenvalue weighted by molar-refractivity contribution is 5.45. The lowest BCUT2D eigenvalue weighted by Crippen LogP contribution is -2.27. The zero-order valence-corrected chi connectivity index (χ0v) is 8.24. The number of rotatable bonds is 1. The van der Waals surface area contributed by atoms with Crippen molar-refractivity contribution < 1.29 is 0 Å². The van der Waals surface area contributed by atoms with Crippen molar-refractivity contribution >= 4 is 11.5 Å². The Hall–Kier alpha value is -1.69. The van der Waals surface area contributed by atoms with E-state index in [1.54, 1.807) is 10.8 Å². The van der Waals surface area contributed by atoms with Crippen LogP contribution in [0.4, 0.5) is 5.82 Å². The van der Waals surface area contributed by atoms with Crippen molar-refractivity contribution in [3.8, 4) is 0 Å². The molecular weight excluding hydrogens is 192 g/mol. The van der Waals surface area contributed by atoms with E-state index < -0.39 is 0 Å². The van der Waals surface area contributed by atoms with Crippen LogP contribution in [0.1, 0.15) is 6.42 Å². The van der Waals surface area contributed by atoms with Gasteiger partial charge in [0.15, 0.2) is 5.65 Å². The minimum Gasteiger partial charge on any atom is -0.354 e. The molecule has 0 spiro atoms. The number of hydrogen-bond donors (Lipinski definition) is 1. The van der Waals surface area contributed by atoms with Gasteiger partial charge in [0.2, 0.25) is 0 Å². The summed E-state index contributed by atoms with van der Waals surface area (Å²) in [5.41, 5.74) is 6.62. The molecule has 0 aromatic carbocycles. The van der Waals surface area contributed by atoms with Crippen LogP contribution in [0.25, 0.3) is 5.65 Å². The SMILES string of the molecule is N[C@H]1CCN(c2ccc3nncn3n2)C1. The largest absolute Gasteiger partial charge is 0.354 e. The Morgan fingerprint density at radius 1 is 1.40 bits per heavy atom. The topological polar surface area (TPSA) is 72.3 Å². The Morgan fingerprint density at radius 2 is 2.33 bits per heavy atom. The predicted octanol–water partition coefficient (Wildman–Crippen LogP) is -0.338. The van der Waals surface area contributed by atoms with Crippen LogP contribution in [0.5, 0.6) is 0 Å². The van der Waals surface area contributed by atoms with E-state index in [4.69, 9.17) is 5.73 Å². The van der Waals surface area contributed by atoms with Crippen LogP contribution in [0.15, 0.2) is 18.5 Å². The Kier molecular flexibility index (Phi) is 1.81. The van der Waals surface area contributed by atoms with Gasteiger partial charge in [-0.3, -0.25) is 0 Å². The van der Waals surface area contributed by atoms with Gasteiger partial charge >= 0.3 is 0 Å². The average Bonchev–Trinajstić information content (AvgIpc) is 2.84. The van der Waals surface area contributed by atoms with Crippen LogP contribution >= 0.6 is 0 Å². The van der Waals surface area contributed by atoms with Gasteiger partial charge in [0.25, 0.3) is 0 Å². The van der Waals surface area contributed by atoms with E-state index in [0.717, 1.165) is 31.0 Å². The summed E-state index contributed by atoms with van der Waals surface area (Å²) in [5, 5.41) is 12.1. The molecule has 1 saturated heterocycles. The first-order valence-electron chi connectivity index (χ1n) is 5.00. The van der Waals surface area contributed by atoms with Gasteiger partial charge in [0.05, 0.1) is 0 Å². The molecule has 2 aromatic rings. The molecule has 0 bridgehead atoms. The van der Waals surface area contributed by atoms with E-state index in [2.05, 4.69) is 20.2 Å². The van der Waals surface area contributed by atoms with Gasteiger partial charge < -0.3 is 10.6 Å². The van der Waals surface area contributed by atoms with E-state index in [0.29, 0.717) is 0 Å². The summed E-state index contributed by atoms with van der Waals surface area (Å²) < 4.78 is 1.68. The van der Waals surface area contributed by atoms with Gasteiger partial charge in [-0.1, -0.05) is 0 Å². The lowest BCUT2D eigenvalue weighted by molar-refractivity contribution is 0.750. The van der Waals surface area contributed by atoms with Crippen molar-refractivity contribution in [2.75, 3.05) is 18.0 Å². The fourth-order valence-electron chi connectivity index (χ4n) is 1.88. The second-order valence-electron chi connectivity index (χ2n) is 3.82. The van der Waals surface area contributed by atoms with Gasteiger partial charge in [0, 0.05) is 19.1 Å². The predicted molar refractivity (Wildman–Crippen MR) is 55.6 cm³/mol. The van der Waals surface area contributed by atoms with Crippen molar-refractivity contribution in [2.24, 2.45) is 5.73 Å². The van der Waals surface area contributed by atoms with Crippen molar-refractivity contribution in [1.29, 1.82) is 0 Å². The molecule has 6 heteroatoms. The number of nitrogens with zero attached hydrogens (tertiary/aromatic N) is 5. The van der Waals surface area contributed by atoms with Gasteiger partial charge in [-0.2, -0.15) is 4.52 Å². The molecule has 1 fully saturated rings. The molecule has 3 rings (SSSR count). The summed E-state index contributed by atoms with van der Waals surface area (Å²) in [7, 11) is 0. The standard InChI is InChI=1S/C9H12N6/c10-7-3-4-14(5-7)9-2-1-8-12-11-6-15(8)13-9/h1-2,6-7H,3-5,10H2/t7-/m0/s1. The normalized spacial score (nSPS) is 21.4. The minimum absolute atomic E-state index is 0.267. The monoisotopic (exact) mass is 204 g/mol. The maximum Gasteiger partial charge on any atom is 0.177 e. The molecule has 0 aliphatic carbocycles. The average molecular weight is 204 g/mol. The molecule has 1 atom stereocenters. The molecule has 78 valence electrons. The van der Waals surface area contributed by atoms with Gasteiger partial charge in [0.1, 0.15) is 12.1 Å². The molecule has 0 radical (unpaired) electrons. The van der Waals surface area contributed by atoms with Crippen LogP contribution in [-0.4, -0.2) is 38.9 Å². The third-order valence-electron chi connectivity index (χ3n) is 2.70. The molecule has 0 unspecified atom stereocenters. The van der Waals surface area contributed by atoms with Crippen molar-refractivity contribution in [1.82, 2.24) is 19.8 Å². The molecule has 1 aliphatic rings. The highest BCUT2D eigenvalue weighted by atomic mass is 15.4. The lowest BCUT2D eigenvalue weighted by Gasteiger charge is -2.15. The first-order valence-corrected chi connectivity index (χ1v) is 5.00. The van der Waals surface area contributed by atoms with E-state index in [-0.39, 0.29) is 6.04 Å². The van der Waals surface area contributed by atoms with Crippen molar-refractivity contribution in [3.63, 3.8) is 0 Å². The highest BCUT2D eigenvalue weighted by Gasteiger charge is 2.20. The smallest absolute Gasteiger partial charge is 0.177 e. The first kappa shape index (κ1) is 8.60. The van der Waals surface area contributed by atoms with Gasteiger partial charge in [-0.05, 0) is 18.6 Å². The molecule has 6 nitrogen and oxygen atoms in total. The highest BCUT2D eigenvalue weighted by Crippen LogP contribution is 2.16. The summed E-state index contributed by atoms with van der Waals surface area (Å²) in [4.78, 5) is 2.18. The van der Waals surface area contributed by atoms with Gasteiger partial charge in [-0.25, -0.2) is 0 Å². The number of anilines is 1. The minimum atomic E-state index is 0.267. The maximum atomic E-state index is 5.85. The summed E-state index contributed by atoms with van der Waals surface area (Å²) in [6.45, 7) is 1.85. The van der Waals surface area contributed by atoms with Crippen LogP contribution in [-0.2, 0) is 0 Å². The van der Waals surface area contributed by atoms with Gasteiger partial charge in [-0.15, -0.1) is 15.3 Å².